The minimum atomic E-state index is 0.504. The van der Waals surface area contributed by atoms with Crippen molar-refractivity contribution in [3.8, 4) is 18.1 Å². The van der Waals surface area contributed by atoms with E-state index >= 15 is 0 Å². The lowest BCUT2D eigenvalue weighted by Crippen LogP contribution is -2.39. The van der Waals surface area contributed by atoms with Gasteiger partial charge in [0.05, 0.1) is 19.3 Å². The van der Waals surface area contributed by atoms with Crippen LogP contribution in [0.15, 0.2) is 18.2 Å². The molecule has 0 bridgehead atoms. The number of terminal acetylenes is 1. The van der Waals surface area contributed by atoms with E-state index in [2.05, 4.69) is 35.2 Å². The van der Waals surface area contributed by atoms with Crippen molar-refractivity contribution in [3.63, 3.8) is 0 Å². The summed E-state index contributed by atoms with van der Waals surface area (Å²) in [6.07, 6.45) is 7.60. The maximum atomic E-state index is 5.40. The Labute approximate surface area is 115 Å². The maximum Gasteiger partial charge on any atom is 0.141 e. The Balaban J connectivity index is 1.95. The van der Waals surface area contributed by atoms with Crippen molar-refractivity contribution in [1.29, 1.82) is 0 Å². The molecule has 3 nitrogen and oxygen atoms in total. The molecule has 3 heteroatoms. The third-order valence-electron chi connectivity index (χ3n) is 3.62. The van der Waals surface area contributed by atoms with Crippen LogP contribution < -0.4 is 10.1 Å². The highest BCUT2D eigenvalue weighted by Crippen LogP contribution is 2.27. The molecule has 1 fully saturated rings. The van der Waals surface area contributed by atoms with E-state index in [-0.39, 0.29) is 0 Å². The summed E-state index contributed by atoms with van der Waals surface area (Å²) in [4.78, 5) is 2.33. The fourth-order valence-electron chi connectivity index (χ4n) is 2.52. The van der Waals surface area contributed by atoms with E-state index in [1.807, 2.05) is 6.07 Å². The van der Waals surface area contributed by atoms with Crippen molar-refractivity contribution in [3.05, 3.63) is 23.8 Å². The molecule has 1 aliphatic rings. The summed E-state index contributed by atoms with van der Waals surface area (Å²) in [6.45, 7) is 4.99. The Kier molecular flexibility index (Phi) is 4.70. The second kappa shape index (κ2) is 6.49. The van der Waals surface area contributed by atoms with Crippen molar-refractivity contribution in [2.45, 2.75) is 25.8 Å². The summed E-state index contributed by atoms with van der Waals surface area (Å²) in [5.41, 5.74) is 2.34. The molecule has 1 aromatic rings. The molecule has 1 aromatic carbocycles. The summed E-state index contributed by atoms with van der Waals surface area (Å²) < 4.78 is 5.40. The second-order valence-corrected chi connectivity index (χ2v) is 5.10. The number of methoxy groups -OCH3 is 1. The minimum Gasteiger partial charge on any atom is -0.495 e. The minimum absolute atomic E-state index is 0.504. The van der Waals surface area contributed by atoms with Gasteiger partial charge >= 0.3 is 0 Å². The molecule has 0 spiro atoms. The van der Waals surface area contributed by atoms with E-state index < -0.39 is 0 Å². The van der Waals surface area contributed by atoms with Gasteiger partial charge in [0.15, 0.2) is 0 Å². The van der Waals surface area contributed by atoms with Crippen LogP contribution in [0, 0.1) is 19.3 Å². The largest absolute Gasteiger partial charge is 0.495 e. The normalized spacial score (nSPS) is 16.9. The van der Waals surface area contributed by atoms with Crippen LogP contribution in [-0.2, 0) is 0 Å². The van der Waals surface area contributed by atoms with E-state index in [9.17, 15) is 0 Å². The number of hydrogen-bond acceptors (Lipinski definition) is 3. The molecule has 1 heterocycles. The van der Waals surface area contributed by atoms with Gasteiger partial charge in [-0.05, 0) is 37.5 Å². The topological polar surface area (TPSA) is 24.5 Å². The first-order valence-corrected chi connectivity index (χ1v) is 6.80. The van der Waals surface area contributed by atoms with Crippen molar-refractivity contribution in [2.24, 2.45) is 0 Å². The van der Waals surface area contributed by atoms with Gasteiger partial charge in [0.1, 0.15) is 5.75 Å². The van der Waals surface area contributed by atoms with E-state index in [1.165, 1.54) is 5.56 Å². The molecule has 1 saturated heterocycles. The molecule has 0 aliphatic carbocycles. The van der Waals surface area contributed by atoms with Crippen LogP contribution in [0.5, 0.6) is 5.75 Å². The number of piperidine rings is 1. The number of aryl methyl sites for hydroxylation is 1. The van der Waals surface area contributed by atoms with Gasteiger partial charge < -0.3 is 10.1 Å². The van der Waals surface area contributed by atoms with Crippen LogP contribution in [-0.4, -0.2) is 37.7 Å². The van der Waals surface area contributed by atoms with E-state index in [1.54, 1.807) is 7.11 Å². The fraction of sp³-hybridized carbons (Fsp3) is 0.500. The van der Waals surface area contributed by atoms with E-state index in [0.717, 1.165) is 43.9 Å². The Morgan fingerprint density at radius 1 is 1.42 bits per heavy atom. The molecular weight excluding hydrogens is 236 g/mol. The number of likely N-dealkylation sites (tertiary alicyclic amines) is 1. The zero-order valence-electron chi connectivity index (χ0n) is 11.8. The van der Waals surface area contributed by atoms with Crippen molar-refractivity contribution in [1.82, 2.24) is 4.90 Å². The summed E-state index contributed by atoms with van der Waals surface area (Å²) in [6, 6.07) is 6.74. The highest BCUT2D eigenvalue weighted by atomic mass is 16.5. The predicted molar refractivity (Wildman–Crippen MR) is 79.6 cm³/mol. The quantitative estimate of drug-likeness (QED) is 0.840. The molecule has 1 aliphatic heterocycles. The maximum absolute atomic E-state index is 5.40. The Morgan fingerprint density at radius 3 is 2.79 bits per heavy atom. The zero-order valence-corrected chi connectivity index (χ0v) is 11.8. The third-order valence-corrected chi connectivity index (χ3v) is 3.62. The lowest BCUT2D eigenvalue weighted by Gasteiger charge is -2.32. The average Bonchev–Trinajstić information content (AvgIpc) is 2.42. The van der Waals surface area contributed by atoms with Gasteiger partial charge in [-0.15, -0.1) is 6.42 Å². The number of hydrogen-bond donors (Lipinski definition) is 1. The Hall–Kier alpha value is -1.66. The lowest BCUT2D eigenvalue weighted by atomic mass is 10.0. The van der Waals surface area contributed by atoms with Crippen molar-refractivity contribution < 1.29 is 4.74 Å². The molecule has 0 amide bonds. The van der Waals surface area contributed by atoms with Gasteiger partial charge in [0.25, 0.3) is 0 Å². The summed E-state index contributed by atoms with van der Waals surface area (Å²) in [5, 5.41) is 3.60. The summed E-state index contributed by atoms with van der Waals surface area (Å²) in [7, 11) is 1.71. The van der Waals surface area contributed by atoms with Crippen molar-refractivity contribution >= 4 is 5.69 Å². The number of ether oxygens (including phenoxy) is 1. The van der Waals surface area contributed by atoms with Gasteiger partial charge in [0, 0.05) is 19.1 Å². The molecule has 0 saturated carbocycles. The molecule has 19 heavy (non-hydrogen) atoms. The highest BCUT2D eigenvalue weighted by Gasteiger charge is 2.19. The number of nitrogens with zero attached hydrogens (tertiary/aromatic N) is 1. The highest BCUT2D eigenvalue weighted by molar-refractivity contribution is 5.58. The molecular formula is C16H22N2O. The summed E-state index contributed by atoms with van der Waals surface area (Å²) >= 11 is 0. The number of nitrogens with one attached hydrogen (secondary N) is 1. The SMILES string of the molecule is C#CCN1CCC(Nc2cc(C)ccc2OC)CC1. The van der Waals surface area contributed by atoms with Crippen molar-refractivity contribution in [2.75, 3.05) is 32.1 Å². The smallest absolute Gasteiger partial charge is 0.141 e. The van der Waals surface area contributed by atoms with Crippen LogP contribution in [0.25, 0.3) is 0 Å². The Morgan fingerprint density at radius 2 is 2.16 bits per heavy atom. The number of benzene rings is 1. The number of anilines is 1. The molecule has 1 N–H and O–H groups in total. The molecule has 0 unspecified atom stereocenters. The van der Waals surface area contributed by atoms with Crippen LogP contribution in [0.2, 0.25) is 0 Å². The first-order chi connectivity index (χ1) is 9.22. The van der Waals surface area contributed by atoms with Crippen LogP contribution in [0.1, 0.15) is 18.4 Å². The van der Waals surface area contributed by atoms with Crippen LogP contribution in [0.4, 0.5) is 5.69 Å². The third kappa shape index (κ3) is 3.65. The van der Waals surface area contributed by atoms with E-state index in [4.69, 9.17) is 11.2 Å². The van der Waals surface area contributed by atoms with E-state index in [0.29, 0.717) is 6.04 Å². The van der Waals surface area contributed by atoms with Gasteiger partial charge in [-0.3, -0.25) is 4.90 Å². The Bertz CT molecular complexity index is 456. The first-order valence-electron chi connectivity index (χ1n) is 6.80. The molecule has 0 radical (unpaired) electrons. The first kappa shape index (κ1) is 13.8. The van der Waals surface area contributed by atoms with Gasteiger partial charge in [-0.1, -0.05) is 12.0 Å². The zero-order chi connectivity index (χ0) is 13.7. The monoisotopic (exact) mass is 258 g/mol. The second-order valence-electron chi connectivity index (χ2n) is 5.10. The van der Waals surface area contributed by atoms with Gasteiger partial charge in [-0.25, -0.2) is 0 Å². The lowest BCUT2D eigenvalue weighted by molar-refractivity contribution is 0.243. The molecule has 0 aromatic heterocycles. The fourth-order valence-corrected chi connectivity index (χ4v) is 2.52. The van der Waals surface area contributed by atoms with Crippen LogP contribution >= 0.6 is 0 Å². The standard InChI is InChI=1S/C16H22N2O/c1-4-9-18-10-7-14(8-11-18)17-15-12-13(2)5-6-16(15)19-3/h1,5-6,12,14,17H,7-11H2,2-3H3. The molecule has 102 valence electrons. The number of rotatable bonds is 4. The predicted octanol–water partition coefficient (Wildman–Crippen LogP) is 2.51. The molecule has 0 atom stereocenters. The van der Waals surface area contributed by atoms with Crippen LogP contribution in [0.3, 0.4) is 0 Å². The average molecular weight is 258 g/mol. The summed E-state index contributed by atoms with van der Waals surface area (Å²) in [5.74, 6) is 3.63. The molecule has 2 rings (SSSR count). The van der Waals surface area contributed by atoms with Gasteiger partial charge in [-0.2, -0.15) is 0 Å². The van der Waals surface area contributed by atoms with Gasteiger partial charge in [0.2, 0.25) is 0 Å².